The first-order valence-corrected chi connectivity index (χ1v) is 9.58. The molecule has 26 heavy (non-hydrogen) atoms. The number of rotatable bonds is 5. The maximum absolute atomic E-state index is 13.2. The van der Waals surface area contributed by atoms with Gasteiger partial charge in [-0.25, -0.2) is 0 Å². The number of carbonyl (C=O) groups excluding carboxylic acids is 1. The molecule has 2 aromatic heterocycles. The highest BCUT2D eigenvalue weighted by Gasteiger charge is 2.27. The van der Waals surface area contributed by atoms with Crippen LogP contribution in [0.1, 0.15) is 32.2 Å². The molecule has 138 valence electrons. The molecule has 0 spiro atoms. The summed E-state index contributed by atoms with van der Waals surface area (Å²) in [6, 6.07) is 5.89. The maximum atomic E-state index is 13.2. The second kappa shape index (κ2) is 8.04. The molecule has 1 N–H and O–H groups in total. The number of likely N-dealkylation sites (N-methyl/N-ethyl adjacent to an activating group) is 1. The van der Waals surface area contributed by atoms with Crippen molar-refractivity contribution in [1.29, 1.82) is 5.26 Å². The normalized spacial score (nSPS) is 17.8. The summed E-state index contributed by atoms with van der Waals surface area (Å²) in [5, 5.41) is 11.1. The summed E-state index contributed by atoms with van der Waals surface area (Å²) in [5.74, 6) is -0.105. The van der Waals surface area contributed by atoms with Crippen molar-refractivity contribution in [1.82, 2.24) is 14.8 Å². The van der Waals surface area contributed by atoms with Gasteiger partial charge in [0.05, 0.1) is 18.3 Å². The number of nitrogens with one attached hydrogen (secondary N) is 1. The zero-order chi connectivity index (χ0) is 18.7. The average molecular weight is 372 g/mol. The standard InChI is InChI=1S/C19H24N4O2S/c1-13-8-16(14(2)21-13)10-23(12-17-11-22(3)5-6-25-17)19(24)18-15(9-20)4-7-26-18/h4,7-8,17,21H,5-6,10-12H2,1-3H3/t17-/m1/s1. The maximum Gasteiger partial charge on any atom is 0.265 e. The molecule has 1 aliphatic rings. The highest BCUT2D eigenvalue weighted by Crippen LogP contribution is 2.22. The predicted octanol–water partition coefficient (Wildman–Crippen LogP) is 2.54. The van der Waals surface area contributed by atoms with E-state index in [-0.39, 0.29) is 12.0 Å². The fourth-order valence-corrected chi connectivity index (χ4v) is 4.11. The Morgan fingerprint density at radius 1 is 1.54 bits per heavy atom. The number of aromatic amines is 1. The molecule has 6 nitrogen and oxygen atoms in total. The number of nitrogens with zero attached hydrogens (tertiary/aromatic N) is 3. The molecular weight excluding hydrogens is 348 g/mol. The van der Waals surface area contributed by atoms with Crippen molar-refractivity contribution in [3.63, 3.8) is 0 Å². The van der Waals surface area contributed by atoms with Gasteiger partial charge in [0.1, 0.15) is 10.9 Å². The molecular formula is C19H24N4O2S. The van der Waals surface area contributed by atoms with E-state index >= 15 is 0 Å². The van der Waals surface area contributed by atoms with Gasteiger partial charge >= 0.3 is 0 Å². The van der Waals surface area contributed by atoms with Crippen molar-refractivity contribution in [2.45, 2.75) is 26.5 Å². The monoisotopic (exact) mass is 372 g/mol. The molecule has 3 rings (SSSR count). The number of morpholine rings is 1. The molecule has 1 aliphatic heterocycles. The highest BCUT2D eigenvalue weighted by atomic mass is 32.1. The number of amides is 1. The minimum Gasteiger partial charge on any atom is -0.374 e. The Kier molecular flexibility index (Phi) is 5.77. The Morgan fingerprint density at radius 3 is 3.00 bits per heavy atom. The first-order valence-electron chi connectivity index (χ1n) is 8.70. The SMILES string of the molecule is Cc1cc(CN(C[C@H]2CN(C)CCO2)C(=O)c2sccc2C#N)c(C)[nH]1. The van der Waals surface area contributed by atoms with E-state index in [0.717, 1.165) is 30.0 Å². The van der Waals surface area contributed by atoms with Crippen LogP contribution >= 0.6 is 11.3 Å². The van der Waals surface area contributed by atoms with Gasteiger partial charge in [-0.2, -0.15) is 5.26 Å². The van der Waals surface area contributed by atoms with Crippen LogP contribution in [0.25, 0.3) is 0 Å². The minimum atomic E-state index is -0.105. The predicted molar refractivity (Wildman–Crippen MR) is 101 cm³/mol. The summed E-state index contributed by atoms with van der Waals surface area (Å²) >= 11 is 1.32. The zero-order valence-electron chi connectivity index (χ0n) is 15.4. The Hall–Kier alpha value is -2.14. The quantitative estimate of drug-likeness (QED) is 0.875. The van der Waals surface area contributed by atoms with Crippen LogP contribution in [0.5, 0.6) is 0 Å². The Morgan fingerprint density at radius 2 is 2.35 bits per heavy atom. The molecule has 0 aromatic carbocycles. The Balaban J connectivity index is 1.84. The lowest BCUT2D eigenvalue weighted by Gasteiger charge is -2.34. The minimum absolute atomic E-state index is 0.0245. The molecule has 7 heteroatoms. The van der Waals surface area contributed by atoms with Crippen molar-refractivity contribution in [3.8, 4) is 6.07 Å². The van der Waals surface area contributed by atoms with Crippen LogP contribution in [0, 0.1) is 25.2 Å². The van der Waals surface area contributed by atoms with Crippen LogP contribution in [-0.2, 0) is 11.3 Å². The second-order valence-electron chi connectivity index (χ2n) is 6.82. The largest absolute Gasteiger partial charge is 0.374 e. The van der Waals surface area contributed by atoms with Crippen LogP contribution in [-0.4, -0.2) is 60.1 Å². The van der Waals surface area contributed by atoms with Gasteiger partial charge in [-0.05, 0) is 44.0 Å². The number of carbonyl (C=O) groups is 1. The second-order valence-corrected chi connectivity index (χ2v) is 7.73. The summed E-state index contributed by atoms with van der Waals surface area (Å²) in [7, 11) is 2.06. The fraction of sp³-hybridized carbons (Fsp3) is 0.474. The van der Waals surface area contributed by atoms with E-state index in [4.69, 9.17) is 4.74 Å². The molecule has 0 bridgehead atoms. The molecule has 2 aromatic rings. The smallest absolute Gasteiger partial charge is 0.265 e. The first kappa shape index (κ1) is 18.6. The number of aromatic nitrogens is 1. The van der Waals surface area contributed by atoms with Gasteiger partial charge < -0.3 is 19.5 Å². The summed E-state index contributed by atoms with van der Waals surface area (Å²) in [6.07, 6.45) is -0.0245. The van der Waals surface area contributed by atoms with Crippen LogP contribution in [0.4, 0.5) is 0 Å². The summed E-state index contributed by atoms with van der Waals surface area (Å²) in [4.78, 5) is 21.0. The van der Waals surface area contributed by atoms with Crippen molar-refractivity contribution in [2.75, 3.05) is 33.3 Å². The average Bonchev–Trinajstić information content (AvgIpc) is 3.19. The number of hydrogen-bond acceptors (Lipinski definition) is 5. The molecule has 1 fully saturated rings. The Bertz CT molecular complexity index is 820. The van der Waals surface area contributed by atoms with Crippen LogP contribution in [0.3, 0.4) is 0 Å². The third kappa shape index (κ3) is 4.15. The molecule has 1 amide bonds. The van der Waals surface area contributed by atoms with Gasteiger partial charge in [0.25, 0.3) is 5.91 Å². The highest BCUT2D eigenvalue weighted by molar-refractivity contribution is 7.12. The van der Waals surface area contributed by atoms with Crippen molar-refractivity contribution < 1.29 is 9.53 Å². The van der Waals surface area contributed by atoms with Gasteiger partial charge in [0, 0.05) is 37.6 Å². The van der Waals surface area contributed by atoms with Gasteiger partial charge in [-0.1, -0.05) is 0 Å². The van der Waals surface area contributed by atoms with Gasteiger partial charge in [0.15, 0.2) is 0 Å². The van der Waals surface area contributed by atoms with E-state index in [1.807, 2.05) is 18.7 Å². The van der Waals surface area contributed by atoms with Gasteiger partial charge in [0.2, 0.25) is 0 Å². The van der Waals surface area contributed by atoms with E-state index in [1.54, 1.807) is 11.4 Å². The number of hydrogen-bond donors (Lipinski definition) is 1. The molecule has 0 unspecified atom stereocenters. The van der Waals surface area contributed by atoms with Crippen molar-refractivity contribution in [3.05, 3.63) is 44.9 Å². The van der Waals surface area contributed by atoms with Crippen molar-refractivity contribution >= 4 is 17.2 Å². The van der Waals surface area contributed by atoms with Gasteiger partial charge in [-0.15, -0.1) is 11.3 Å². The lowest BCUT2D eigenvalue weighted by atomic mass is 10.1. The fourth-order valence-electron chi connectivity index (χ4n) is 3.30. The van der Waals surface area contributed by atoms with E-state index in [2.05, 4.69) is 29.1 Å². The van der Waals surface area contributed by atoms with E-state index in [9.17, 15) is 10.1 Å². The van der Waals surface area contributed by atoms with Crippen molar-refractivity contribution in [2.24, 2.45) is 0 Å². The molecule has 1 saturated heterocycles. The summed E-state index contributed by atoms with van der Waals surface area (Å²) < 4.78 is 5.87. The van der Waals surface area contributed by atoms with E-state index in [1.165, 1.54) is 11.3 Å². The number of ether oxygens (including phenoxy) is 1. The van der Waals surface area contributed by atoms with E-state index in [0.29, 0.717) is 30.1 Å². The van der Waals surface area contributed by atoms with E-state index < -0.39 is 0 Å². The molecule has 1 atom stereocenters. The molecule has 0 radical (unpaired) electrons. The number of H-pyrrole nitrogens is 1. The first-order chi connectivity index (χ1) is 12.5. The van der Waals surface area contributed by atoms with Crippen LogP contribution in [0.15, 0.2) is 17.5 Å². The zero-order valence-corrected chi connectivity index (χ0v) is 16.2. The Labute approximate surface area is 158 Å². The third-order valence-corrected chi connectivity index (χ3v) is 5.55. The molecule has 0 saturated carbocycles. The number of aryl methyl sites for hydroxylation is 2. The molecule has 0 aliphatic carbocycles. The third-order valence-electron chi connectivity index (χ3n) is 4.65. The lowest BCUT2D eigenvalue weighted by molar-refractivity contribution is -0.0335. The van der Waals surface area contributed by atoms with Crippen LogP contribution in [0.2, 0.25) is 0 Å². The number of nitriles is 1. The summed E-state index contributed by atoms with van der Waals surface area (Å²) in [5.41, 5.74) is 3.67. The summed E-state index contributed by atoms with van der Waals surface area (Å²) in [6.45, 7) is 7.41. The van der Waals surface area contributed by atoms with Crippen LogP contribution < -0.4 is 0 Å². The number of thiophene rings is 1. The topological polar surface area (TPSA) is 72.4 Å². The molecule has 3 heterocycles. The van der Waals surface area contributed by atoms with Gasteiger partial charge in [-0.3, -0.25) is 4.79 Å². The lowest BCUT2D eigenvalue weighted by Crippen LogP contribution is -2.47.